The highest BCUT2D eigenvalue weighted by molar-refractivity contribution is 6.30. The van der Waals surface area contributed by atoms with E-state index < -0.39 is 12.3 Å². The zero-order valence-corrected chi connectivity index (χ0v) is 20.3. The second-order valence-electron chi connectivity index (χ2n) is 9.31. The van der Waals surface area contributed by atoms with Gasteiger partial charge in [0.2, 0.25) is 5.91 Å². The van der Waals surface area contributed by atoms with Gasteiger partial charge in [0, 0.05) is 40.5 Å². The number of hydrogen-bond acceptors (Lipinski definition) is 5. The number of halogens is 1. The number of piperidine rings is 1. The zero-order valence-electron chi connectivity index (χ0n) is 19.5. The first-order valence-electron chi connectivity index (χ1n) is 12.1. The third kappa shape index (κ3) is 3.94. The Labute approximate surface area is 213 Å². The van der Waals surface area contributed by atoms with Crippen molar-refractivity contribution in [1.29, 1.82) is 0 Å². The van der Waals surface area contributed by atoms with E-state index in [2.05, 4.69) is 10.2 Å². The summed E-state index contributed by atoms with van der Waals surface area (Å²) in [6.07, 6.45) is 2.18. The van der Waals surface area contributed by atoms with E-state index in [4.69, 9.17) is 16.3 Å². The maximum atomic E-state index is 13.0. The second kappa shape index (κ2) is 9.08. The summed E-state index contributed by atoms with van der Waals surface area (Å²) in [5.74, 6) is -0.394. The van der Waals surface area contributed by atoms with Gasteiger partial charge in [0.05, 0.1) is 5.69 Å². The Morgan fingerprint density at radius 2 is 1.67 bits per heavy atom. The average molecular weight is 502 g/mol. The molecular weight excluding hydrogens is 478 g/mol. The first-order chi connectivity index (χ1) is 17.5. The topological polar surface area (TPSA) is 79.0 Å². The van der Waals surface area contributed by atoms with Gasteiger partial charge in [0.15, 0.2) is 12.0 Å². The number of anilines is 2. The number of hydrogen-bond donors (Lipinski definition) is 1. The van der Waals surface area contributed by atoms with Crippen LogP contribution in [0.25, 0.3) is 11.1 Å². The monoisotopic (exact) mass is 501 g/mol. The molecule has 1 saturated heterocycles. The molecule has 3 aromatic carbocycles. The van der Waals surface area contributed by atoms with Crippen molar-refractivity contribution in [1.82, 2.24) is 4.90 Å². The number of cyclic esters (lactones) is 1. The van der Waals surface area contributed by atoms with Crippen LogP contribution in [0.2, 0.25) is 5.02 Å². The van der Waals surface area contributed by atoms with Gasteiger partial charge in [0.1, 0.15) is 6.54 Å². The first kappa shape index (κ1) is 22.8. The van der Waals surface area contributed by atoms with Gasteiger partial charge in [0.25, 0.3) is 0 Å². The number of carbonyl (C=O) groups excluding carboxylic acids is 3. The highest BCUT2D eigenvalue weighted by atomic mass is 35.5. The van der Waals surface area contributed by atoms with Crippen molar-refractivity contribution in [2.24, 2.45) is 0 Å². The van der Waals surface area contributed by atoms with Crippen LogP contribution in [-0.4, -0.2) is 42.3 Å². The number of nitrogens with zero attached hydrogens (tertiary/aromatic N) is 2. The minimum Gasteiger partial charge on any atom is -0.425 e. The number of likely N-dealkylation sites (tertiary alicyclic amines) is 1. The third-order valence-electron chi connectivity index (χ3n) is 7.01. The largest absolute Gasteiger partial charge is 0.425 e. The molecule has 1 atom stereocenters. The van der Waals surface area contributed by atoms with E-state index >= 15 is 0 Å². The smallest absolute Gasteiger partial charge is 0.416 e. The van der Waals surface area contributed by atoms with Crippen LogP contribution in [0.3, 0.4) is 0 Å². The molecular formula is C28H24ClN3O4. The predicted molar refractivity (Wildman–Crippen MR) is 137 cm³/mol. The van der Waals surface area contributed by atoms with Gasteiger partial charge in [-0.05, 0) is 60.4 Å². The van der Waals surface area contributed by atoms with Crippen LogP contribution < -0.4 is 10.2 Å². The number of rotatable bonds is 4. The molecule has 8 heteroatoms. The molecule has 1 fully saturated rings. The molecule has 0 radical (unpaired) electrons. The molecule has 0 saturated carbocycles. The van der Waals surface area contributed by atoms with Crippen molar-refractivity contribution in [2.45, 2.75) is 25.5 Å². The van der Waals surface area contributed by atoms with Crippen LogP contribution in [-0.2, 0) is 9.53 Å². The minimum absolute atomic E-state index is 0.0203. The highest BCUT2D eigenvalue weighted by Gasteiger charge is 2.37. The third-order valence-corrected chi connectivity index (χ3v) is 7.25. The van der Waals surface area contributed by atoms with E-state index in [1.165, 1.54) is 4.90 Å². The van der Waals surface area contributed by atoms with Crippen LogP contribution in [0.5, 0.6) is 0 Å². The maximum Gasteiger partial charge on any atom is 0.416 e. The van der Waals surface area contributed by atoms with Crippen molar-refractivity contribution >= 4 is 40.8 Å². The zero-order chi connectivity index (χ0) is 24.8. The molecule has 0 aromatic heterocycles. The Bertz CT molecular complexity index is 1400. The summed E-state index contributed by atoms with van der Waals surface area (Å²) < 4.78 is 5.82. The molecule has 7 nitrogen and oxygen atoms in total. The number of ketones is 1. The van der Waals surface area contributed by atoms with Crippen LogP contribution in [0.4, 0.5) is 16.2 Å². The lowest BCUT2D eigenvalue weighted by atomic mass is 10.0. The summed E-state index contributed by atoms with van der Waals surface area (Å²) in [6.45, 7) is 1.47. The first-order valence-corrected chi connectivity index (χ1v) is 12.5. The minimum atomic E-state index is -0.566. The summed E-state index contributed by atoms with van der Waals surface area (Å²) in [6, 6.07) is 17.9. The molecule has 1 aliphatic carbocycles. The molecule has 0 spiro atoms. The number of fused-ring (bicyclic) bond motifs is 4. The number of nitrogens with one attached hydrogen (secondary N) is 1. The molecule has 182 valence electrons. The standard InChI is InChI=1S/C28H24ClN3O4/c29-17-8-11-24-23(14-17)27(31-12-4-1-5-13-31)36-28(35)32(24)16-25(33)30-18-9-10-21-22(15-18)19-6-2-3-7-20(19)26(21)34/h2-3,6-11,14-15,27H,1,4-5,12-13,16H2,(H,30,33). The molecule has 3 aliphatic rings. The lowest BCUT2D eigenvalue weighted by Crippen LogP contribution is -2.47. The van der Waals surface area contributed by atoms with E-state index in [0.717, 1.165) is 49.0 Å². The number of ether oxygens (including phenoxy) is 1. The molecule has 2 amide bonds. The van der Waals surface area contributed by atoms with Crippen molar-refractivity contribution in [2.75, 3.05) is 29.9 Å². The van der Waals surface area contributed by atoms with Gasteiger partial charge < -0.3 is 10.1 Å². The SMILES string of the molecule is O=C(CN1C(=O)OC(N2CCCCC2)c2cc(Cl)ccc21)Nc1ccc2c(c1)-c1ccccc1C2=O. The lowest BCUT2D eigenvalue weighted by Gasteiger charge is -2.40. The Morgan fingerprint density at radius 1 is 0.917 bits per heavy atom. The molecule has 6 rings (SSSR count). The summed E-state index contributed by atoms with van der Waals surface area (Å²) in [5.41, 5.74) is 4.86. The van der Waals surface area contributed by atoms with Crippen molar-refractivity contribution in [3.05, 3.63) is 82.4 Å². The van der Waals surface area contributed by atoms with Gasteiger partial charge in [-0.25, -0.2) is 4.79 Å². The molecule has 36 heavy (non-hydrogen) atoms. The summed E-state index contributed by atoms with van der Waals surface area (Å²) >= 11 is 6.29. The number of carbonyl (C=O) groups is 3. The fraction of sp³-hybridized carbons (Fsp3) is 0.250. The average Bonchev–Trinajstić information content (AvgIpc) is 3.17. The van der Waals surface area contributed by atoms with E-state index in [9.17, 15) is 14.4 Å². The number of benzene rings is 3. The number of amides is 2. The quantitative estimate of drug-likeness (QED) is 0.392. The van der Waals surface area contributed by atoms with Crippen molar-refractivity contribution in [3.63, 3.8) is 0 Å². The van der Waals surface area contributed by atoms with Crippen LogP contribution in [0, 0.1) is 0 Å². The van der Waals surface area contributed by atoms with E-state index in [1.54, 1.807) is 36.4 Å². The molecule has 0 bridgehead atoms. The van der Waals surface area contributed by atoms with Crippen LogP contribution in [0.1, 0.15) is 47.0 Å². The van der Waals surface area contributed by atoms with Crippen molar-refractivity contribution in [3.8, 4) is 11.1 Å². The van der Waals surface area contributed by atoms with Crippen molar-refractivity contribution < 1.29 is 19.1 Å². The fourth-order valence-corrected chi connectivity index (χ4v) is 5.49. The summed E-state index contributed by atoms with van der Waals surface area (Å²) in [7, 11) is 0. The van der Waals surface area contributed by atoms with Gasteiger partial charge in [-0.1, -0.05) is 42.3 Å². The second-order valence-corrected chi connectivity index (χ2v) is 9.74. The van der Waals surface area contributed by atoms with Gasteiger partial charge in [-0.15, -0.1) is 0 Å². The normalized spacial score (nSPS) is 18.8. The Kier molecular flexibility index (Phi) is 5.74. The van der Waals surface area contributed by atoms with Gasteiger partial charge in [-0.3, -0.25) is 19.4 Å². The maximum absolute atomic E-state index is 13.0. The lowest BCUT2D eigenvalue weighted by molar-refractivity contribution is -0.115. The predicted octanol–water partition coefficient (Wildman–Crippen LogP) is 5.63. The van der Waals surface area contributed by atoms with E-state index in [1.807, 2.05) is 24.3 Å². The van der Waals surface area contributed by atoms with Gasteiger partial charge in [-0.2, -0.15) is 0 Å². The molecule has 2 aliphatic heterocycles. The van der Waals surface area contributed by atoms with E-state index in [-0.39, 0.29) is 18.2 Å². The molecule has 1 N–H and O–H groups in total. The fourth-order valence-electron chi connectivity index (χ4n) is 5.31. The Balaban J connectivity index is 1.23. The molecule has 2 heterocycles. The Hall–Kier alpha value is -3.68. The molecule has 3 aromatic rings. The van der Waals surface area contributed by atoms with Gasteiger partial charge >= 0.3 is 6.09 Å². The molecule has 1 unspecified atom stereocenters. The van der Waals surface area contributed by atoms with E-state index in [0.29, 0.717) is 27.5 Å². The van der Waals surface area contributed by atoms with Crippen LogP contribution in [0.15, 0.2) is 60.7 Å². The summed E-state index contributed by atoms with van der Waals surface area (Å²) in [5, 5.41) is 3.41. The highest BCUT2D eigenvalue weighted by Crippen LogP contribution is 2.40. The summed E-state index contributed by atoms with van der Waals surface area (Å²) in [4.78, 5) is 42.2. The van der Waals surface area contributed by atoms with Crippen LogP contribution >= 0.6 is 11.6 Å². The Morgan fingerprint density at radius 3 is 2.47 bits per heavy atom.